The Morgan fingerprint density at radius 2 is 1.62 bits per heavy atom. The lowest BCUT2D eigenvalue weighted by molar-refractivity contribution is -0.149. The standard InChI is InChI=1S/C31H46O3/c1-2-3-6-9-24-10-13-26(14-11-24)27-16-18-29(19-17-27)33-20-7-4-5-8-21-34-31(32)30-23-25-12-15-28(30)22-25/h12,15-19,24-26,28,30H,2-11,13-14,20-23H2,1H3/t24?,25?,26?,28?,30-/m0/s1. The maximum atomic E-state index is 12.2. The molecular formula is C31H46O3. The lowest BCUT2D eigenvalue weighted by Gasteiger charge is -2.29. The molecule has 1 aromatic carbocycles. The van der Waals surface area contributed by atoms with Crippen LogP contribution in [-0.2, 0) is 9.53 Å². The predicted octanol–water partition coefficient (Wildman–Crippen LogP) is 8.24. The molecule has 4 rings (SSSR count). The third kappa shape index (κ3) is 7.36. The Hall–Kier alpha value is -1.77. The molecule has 0 heterocycles. The van der Waals surface area contributed by atoms with Gasteiger partial charge < -0.3 is 9.47 Å². The van der Waals surface area contributed by atoms with Crippen molar-refractivity contribution < 1.29 is 14.3 Å². The number of esters is 1. The van der Waals surface area contributed by atoms with Gasteiger partial charge in [0.15, 0.2) is 0 Å². The van der Waals surface area contributed by atoms with E-state index in [1.807, 2.05) is 0 Å². The average molecular weight is 467 g/mol. The van der Waals surface area contributed by atoms with E-state index >= 15 is 0 Å². The summed E-state index contributed by atoms with van der Waals surface area (Å²) >= 11 is 0. The number of hydrogen-bond donors (Lipinski definition) is 0. The predicted molar refractivity (Wildman–Crippen MR) is 139 cm³/mol. The van der Waals surface area contributed by atoms with E-state index in [1.54, 1.807) is 0 Å². The summed E-state index contributed by atoms with van der Waals surface area (Å²) in [6.07, 6.45) is 22.0. The summed E-state index contributed by atoms with van der Waals surface area (Å²) in [5.41, 5.74) is 1.50. The second-order valence-corrected chi connectivity index (χ2v) is 11.1. The number of carbonyl (C=O) groups is 1. The summed E-state index contributed by atoms with van der Waals surface area (Å²) in [6.45, 7) is 3.63. The molecule has 3 nitrogen and oxygen atoms in total. The molecule has 0 spiro atoms. The van der Waals surface area contributed by atoms with Crippen LogP contribution in [0, 0.1) is 23.7 Å². The van der Waals surface area contributed by atoms with Gasteiger partial charge in [-0.2, -0.15) is 0 Å². The number of allylic oxidation sites excluding steroid dienone is 2. The highest BCUT2D eigenvalue weighted by atomic mass is 16.5. The molecule has 3 aliphatic rings. The molecule has 2 unspecified atom stereocenters. The first-order valence-electron chi connectivity index (χ1n) is 14.3. The SMILES string of the molecule is CCCCCC1CCC(c2ccc(OCCCCCCOC(=O)[C@H]3CC4C=CC3C4)cc2)CC1. The molecule has 0 aliphatic heterocycles. The van der Waals surface area contributed by atoms with E-state index in [0.717, 1.165) is 62.7 Å². The van der Waals surface area contributed by atoms with Gasteiger partial charge in [0.05, 0.1) is 19.1 Å². The molecule has 0 N–H and O–H groups in total. The summed E-state index contributed by atoms with van der Waals surface area (Å²) in [6, 6.07) is 8.90. The Balaban J connectivity index is 1.02. The quantitative estimate of drug-likeness (QED) is 0.157. The summed E-state index contributed by atoms with van der Waals surface area (Å²) in [4.78, 5) is 12.2. The number of rotatable bonds is 14. The number of carbonyl (C=O) groups excluding carboxylic acids is 1. The molecule has 2 saturated carbocycles. The maximum absolute atomic E-state index is 12.2. The van der Waals surface area contributed by atoms with Gasteiger partial charge in [-0.15, -0.1) is 0 Å². The van der Waals surface area contributed by atoms with E-state index in [9.17, 15) is 4.79 Å². The van der Waals surface area contributed by atoms with Crippen molar-refractivity contribution in [3.05, 3.63) is 42.0 Å². The number of ether oxygens (including phenoxy) is 2. The minimum Gasteiger partial charge on any atom is -0.494 e. The summed E-state index contributed by atoms with van der Waals surface area (Å²) in [7, 11) is 0. The minimum atomic E-state index is 0.0312. The smallest absolute Gasteiger partial charge is 0.309 e. The molecule has 0 aromatic heterocycles. The van der Waals surface area contributed by atoms with Crippen LogP contribution in [0.1, 0.15) is 108 Å². The van der Waals surface area contributed by atoms with Gasteiger partial charge in [-0.3, -0.25) is 4.79 Å². The molecular weight excluding hydrogens is 420 g/mol. The molecule has 3 heteroatoms. The molecule has 34 heavy (non-hydrogen) atoms. The van der Waals surface area contributed by atoms with Crippen LogP contribution in [0.2, 0.25) is 0 Å². The monoisotopic (exact) mass is 466 g/mol. The van der Waals surface area contributed by atoms with Crippen LogP contribution >= 0.6 is 0 Å². The Labute approximate surface area is 207 Å². The molecule has 188 valence electrons. The average Bonchev–Trinajstić information content (AvgIpc) is 3.51. The van der Waals surface area contributed by atoms with Crippen LogP contribution in [0.3, 0.4) is 0 Å². The van der Waals surface area contributed by atoms with E-state index in [0.29, 0.717) is 18.4 Å². The van der Waals surface area contributed by atoms with E-state index in [2.05, 4.69) is 43.3 Å². The van der Waals surface area contributed by atoms with Crippen molar-refractivity contribution in [2.45, 2.75) is 103 Å². The summed E-state index contributed by atoms with van der Waals surface area (Å²) in [5.74, 6) is 3.93. The van der Waals surface area contributed by atoms with E-state index in [-0.39, 0.29) is 11.9 Å². The van der Waals surface area contributed by atoms with Gasteiger partial charge in [0.2, 0.25) is 0 Å². The molecule has 0 radical (unpaired) electrons. The zero-order chi connectivity index (χ0) is 23.6. The van der Waals surface area contributed by atoms with Gasteiger partial charge in [-0.05, 0) is 106 Å². The number of hydrogen-bond acceptors (Lipinski definition) is 3. The van der Waals surface area contributed by atoms with Gasteiger partial charge in [0.25, 0.3) is 0 Å². The molecule has 0 saturated heterocycles. The van der Waals surface area contributed by atoms with Gasteiger partial charge in [0.1, 0.15) is 5.75 Å². The van der Waals surface area contributed by atoms with Crippen molar-refractivity contribution in [1.29, 1.82) is 0 Å². The van der Waals surface area contributed by atoms with Gasteiger partial charge in [0, 0.05) is 0 Å². The van der Waals surface area contributed by atoms with Crippen molar-refractivity contribution in [1.82, 2.24) is 0 Å². The molecule has 0 amide bonds. The molecule has 2 bridgehead atoms. The van der Waals surface area contributed by atoms with Crippen LogP contribution in [-0.4, -0.2) is 19.2 Å². The van der Waals surface area contributed by atoms with E-state index in [1.165, 1.54) is 56.9 Å². The number of unbranched alkanes of at least 4 members (excludes halogenated alkanes) is 5. The van der Waals surface area contributed by atoms with E-state index in [4.69, 9.17) is 9.47 Å². The third-order valence-electron chi connectivity index (χ3n) is 8.55. The lowest BCUT2D eigenvalue weighted by atomic mass is 9.77. The Morgan fingerprint density at radius 1 is 0.853 bits per heavy atom. The highest BCUT2D eigenvalue weighted by Gasteiger charge is 2.40. The fourth-order valence-electron chi connectivity index (χ4n) is 6.38. The molecule has 2 fully saturated rings. The van der Waals surface area contributed by atoms with Gasteiger partial charge >= 0.3 is 5.97 Å². The Morgan fingerprint density at radius 3 is 2.29 bits per heavy atom. The van der Waals surface area contributed by atoms with Gasteiger partial charge in [-0.25, -0.2) is 0 Å². The first-order valence-corrected chi connectivity index (χ1v) is 14.3. The normalized spacial score (nSPS) is 27.7. The van der Waals surface area contributed by atoms with Crippen molar-refractivity contribution >= 4 is 5.97 Å². The summed E-state index contributed by atoms with van der Waals surface area (Å²) in [5, 5.41) is 0. The third-order valence-corrected chi connectivity index (χ3v) is 8.55. The maximum Gasteiger partial charge on any atom is 0.309 e. The van der Waals surface area contributed by atoms with Crippen LogP contribution in [0.4, 0.5) is 0 Å². The number of benzene rings is 1. The highest BCUT2D eigenvalue weighted by molar-refractivity contribution is 5.74. The first-order chi connectivity index (χ1) is 16.7. The zero-order valence-corrected chi connectivity index (χ0v) is 21.4. The van der Waals surface area contributed by atoms with Crippen molar-refractivity contribution in [2.75, 3.05) is 13.2 Å². The molecule has 3 aliphatic carbocycles. The largest absolute Gasteiger partial charge is 0.494 e. The fourth-order valence-corrected chi connectivity index (χ4v) is 6.38. The molecule has 3 atom stereocenters. The van der Waals surface area contributed by atoms with Crippen molar-refractivity contribution in [3.63, 3.8) is 0 Å². The highest BCUT2D eigenvalue weighted by Crippen LogP contribution is 2.44. The van der Waals surface area contributed by atoms with Crippen molar-refractivity contribution in [3.8, 4) is 5.75 Å². The first kappa shape index (κ1) is 25.3. The van der Waals surface area contributed by atoms with Crippen LogP contribution in [0.25, 0.3) is 0 Å². The number of fused-ring (bicyclic) bond motifs is 2. The van der Waals surface area contributed by atoms with E-state index < -0.39 is 0 Å². The van der Waals surface area contributed by atoms with Crippen LogP contribution < -0.4 is 4.74 Å². The van der Waals surface area contributed by atoms with Crippen LogP contribution in [0.15, 0.2) is 36.4 Å². The fraction of sp³-hybridized carbons (Fsp3) is 0.710. The Kier molecular flexibility index (Phi) is 9.95. The lowest BCUT2D eigenvalue weighted by Crippen LogP contribution is -2.22. The van der Waals surface area contributed by atoms with Crippen LogP contribution in [0.5, 0.6) is 5.75 Å². The Bertz CT molecular complexity index is 759. The molecule has 1 aromatic rings. The topological polar surface area (TPSA) is 35.5 Å². The van der Waals surface area contributed by atoms with Crippen molar-refractivity contribution in [2.24, 2.45) is 23.7 Å². The zero-order valence-electron chi connectivity index (χ0n) is 21.4. The minimum absolute atomic E-state index is 0.0312. The second kappa shape index (κ2) is 13.4. The summed E-state index contributed by atoms with van der Waals surface area (Å²) < 4.78 is 11.5. The van der Waals surface area contributed by atoms with Gasteiger partial charge in [-0.1, -0.05) is 56.9 Å². The second-order valence-electron chi connectivity index (χ2n) is 11.1.